The van der Waals surface area contributed by atoms with Crippen molar-refractivity contribution in [2.45, 2.75) is 52.4 Å². The molecular weight excluding hydrogens is 516 g/mol. The zero-order valence-electron chi connectivity index (χ0n) is 24.0. The molecule has 5 rings (SSSR count). The molecule has 7 heteroatoms. The Hall–Kier alpha value is -4.10. The molecular formula is C34H38N2O5. The number of hydrogen-bond acceptors (Lipinski definition) is 6. The van der Waals surface area contributed by atoms with E-state index in [9.17, 15) is 14.7 Å². The van der Waals surface area contributed by atoms with Crippen LogP contribution in [0.1, 0.15) is 55.5 Å². The van der Waals surface area contributed by atoms with Crippen molar-refractivity contribution in [2.75, 3.05) is 26.2 Å². The van der Waals surface area contributed by atoms with E-state index in [0.717, 1.165) is 48.5 Å². The van der Waals surface area contributed by atoms with Gasteiger partial charge in [0.2, 0.25) is 0 Å². The van der Waals surface area contributed by atoms with Gasteiger partial charge < -0.3 is 24.4 Å². The van der Waals surface area contributed by atoms with Gasteiger partial charge in [-0.25, -0.2) is 0 Å². The number of benzene rings is 3. The van der Waals surface area contributed by atoms with E-state index >= 15 is 0 Å². The molecule has 0 saturated carbocycles. The lowest BCUT2D eigenvalue weighted by Crippen LogP contribution is -2.33. The number of carbonyl (C=O) groups is 2. The summed E-state index contributed by atoms with van der Waals surface area (Å²) in [5, 5.41) is 11.6. The van der Waals surface area contributed by atoms with Crippen molar-refractivity contribution in [2.24, 2.45) is 0 Å². The van der Waals surface area contributed by atoms with Gasteiger partial charge >= 0.3 is 0 Å². The van der Waals surface area contributed by atoms with E-state index < -0.39 is 17.7 Å². The van der Waals surface area contributed by atoms with Crippen LogP contribution in [0.15, 0.2) is 78.4 Å². The Balaban J connectivity index is 1.50. The summed E-state index contributed by atoms with van der Waals surface area (Å²) in [4.78, 5) is 30.9. The first-order valence-corrected chi connectivity index (χ1v) is 14.5. The smallest absolute Gasteiger partial charge is 0.295 e. The van der Waals surface area contributed by atoms with Crippen molar-refractivity contribution >= 4 is 17.4 Å². The number of likely N-dealkylation sites (tertiary alicyclic amines) is 1. The molecule has 3 aromatic carbocycles. The first kappa shape index (κ1) is 28.4. The van der Waals surface area contributed by atoms with Crippen molar-refractivity contribution in [1.29, 1.82) is 0 Å². The molecule has 0 bridgehead atoms. The minimum atomic E-state index is -0.726. The number of carbonyl (C=O) groups excluding carboxylic acids is 2. The molecule has 1 saturated heterocycles. The Labute approximate surface area is 242 Å². The molecule has 1 fully saturated rings. The van der Waals surface area contributed by atoms with Gasteiger partial charge in [-0.1, -0.05) is 56.3 Å². The fourth-order valence-corrected chi connectivity index (χ4v) is 5.70. The van der Waals surface area contributed by atoms with E-state index in [1.165, 1.54) is 0 Å². The molecule has 2 heterocycles. The van der Waals surface area contributed by atoms with Crippen LogP contribution in [0.3, 0.4) is 0 Å². The lowest BCUT2D eigenvalue weighted by Gasteiger charge is -2.27. The van der Waals surface area contributed by atoms with Crippen LogP contribution < -0.4 is 9.47 Å². The average molecular weight is 555 g/mol. The third kappa shape index (κ3) is 6.15. The fraction of sp³-hybridized carbons (Fsp3) is 0.353. The van der Waals surface area contributed by atoms with Gasteiger partial charge in [0.15, 0.2) is 0 Å². The molecule has 2 aliphatic rings. The number of aliphatic hydroxyl groups excluding tert-OH is 1. The van der Waals surface area contributed by atoms with E-state index in [2.05, 4.69) is 18.7 Å². The SMILES string of the molecule is CCN(CC)CCCN1C(=O)C(=O)/C(=C(\O)c2ccc3c(c2)CC(C)O3)C1c1cccc(OCc2ccccc2)c1. The molecule has 2 unspecified atom stereocenters. The number of rotatable bonds is 11. The number of aliphatic hydroxyl groups is 1. The summed E-state index contributed by atoms with van der Waals surface area (Å²) < 4.78 is 11.9. The lowest BCUT2D eigenvalue weighted by atomic mass is 9.94. The summed E-state index contributed by atoms with van der Waals surface area (Å²) in [5.41, 5.74) is 3.34. The summed E-state index contributed by atoms with van der Waals surface area (Å²) in [5.74, 6) is -0.0205. The molecule has 214 valence electrons. The van der Waals surface area contributed by atoms with Gasteiger partial charge in [0, 0.05) is 18.5 Å². The van der Waals surface area contributed by atoms with E-state index in [1.807, 2.05) is 73.7 Å². The maximum Gasteiger partial charge on any atom is 0.295 e. The zero-order chi connectivity index (χ0) is 28.9. The van der Waals surface area contributed by atoms with Crippen LogP contribution in [0.2, 0.25) is 0 Å². The number of amides is 1. The lowest BCUT2D eigenvalue weighted by molar-refractivity contribution is -0.140. The largest absolute Gasteiger partial charge is 0.507 e. The maximum absolute atomic E-state index is 13.5. The van der Waals surface area contributed by atoms with Crippen LogP contribution in [-0.4, -0.2) is 58.9 Å². The van der Waals surface area contributed by atoms with E-state index in [1.54, 1.807) is 11.0 Å². The molecule has 2 aliphatic heterocycles. The van der Waals surface area contributed by atoms with Gasteiger partial charge in [-0.3, -0.25) is 9.59 Å². The highest BCUT2D eigenvalue weighted by Crippen LogP contribution is 2.41. The second kappa shape index (κ2) is 12.6. The van der Waals surface area contributed by atoms with Crippen LogP contribution in [-0.2, 0) is 22.6 Å². The minimum absolute atomic E-state index is 0.0532. The molecule has 3 aromatic rings. The van der Waals surface area contributed by atoms with Crippen LogP contribution in [0.4, 0.5) is 0 Å². The maximum atomic E-state index is 13.5. The molecule has 1 amide bonds. The average Bonchev–Trinajstić information content (AvgIpc) is 3.49. The van der Waals surface area contributed by atoms with Crippen molar-refractivity contribution in [3.63, 3.8) is 0 Å². The van der Waals surface area contributed by atoms with E-state index in [4.69, 9.17) is 9.47 Å². The summed E-state index contributed by atoms with van der Waals surface area (Å²) in [7, 11) is 0. The monoisotopic (exact) mass is 554 g/mol. The Bertz CT molecular complexity index is 1430. The van der Waals surface area contributed by atoms with Gasteiger partial charge in [0.05, 0.1) is 11.6 Å². The molecule has 0 spiro atoms. The van der Waals surface area contributed by atoms with Crippen LogP contribution >= 0.6 is 0 Å². The highest BCUT2D eigenvalue weighted by Gasteiger charge is 2.46. The van der Waals surface area contributed by atoms with Crippen molar-refractivity contribution < 1.29 is 24.2 Å². The summed E-state index contributed by atoms with van der Waals surface area (Å²) in [6, 6.07) is 22.1. The highest BCUT2D eigenvalue weighted by molar-refractivity contribution is 6.46. The van der Waals surface area contributed by atoms with Gasteiger partial charge in [-0.15, -0.1) is 0 Å². The van der Waals surface area contributed by atoms with Gasteiger partial charge in [0.1, 0.15) is 30.0 Å². The molecule has 7 nitrogen and oxygen atoms in total. The summed E-state index contributed by atoms with van der Waals surface area (Å²) in [6.45, 7) is 9.65. The number of fused-ring (bicyclic) bond motifs is 1. The molecule has 2 atom stereocenters. The standard InChI is InChI=1S/C34H38N2O5/c1-4-35(5-2)17-10-18-36-31(25-13-9-14-28(21-25)40-22-24-11-7-6-8-12-24)30(33(38)34(36)39)32(37)26-15-16-29-27(20-26)19-23(3)41-29/h6-9,11-16,20-21,23,31,37H,4-5,10,17-19,22H2,1-3H3/b32-30-. The normalized spacial score (nSPS) is 19.5. The Morgan fingerprint density at radius 1 is 1.02 bits per heavy atom. The van der Waals surface area contributed by atoms with Crippen molar-refractivity contribution in [3.8, 4) is 11.5 Å². The van der Waals surface area contributed by atoms with E-state index in [-0.39, 0.29) is 17.4 Å². The van der Waals surface area contributed by atoms with Gasteiger partial charge in [-0.05, 0) is 80.0 Å². The van der Waals surface area contributed by atoms with E-state index in [0.29, 0.717) is 30.9 Å². The number of ether oxygens (including phenoxy) is 2. The third-order valence-corrected chi connectivity index (χ3v) is 7.90. The predicted octanol–water partition coefficient (Wildman–Crippen LogP) is 5.74. The Kier molecular flexibility index (Phi) is 8.74. The molecule has 0 aromatic heterocycles. The van der Waals surface area contributed by atoms with Crippen LogP contribution in [0, 0.1) is 0 Å². The zero-order valence-corrected chi connectivity index (χ0v) is 24.0. The second-order valence-corrected chi connectivity index (χ2v) is 10.7. The number of ketones is 1. The van der Waals surface area contributed by atoms with Crippen LogP contribution in [0.5, 0.6) is 11.5 Å². The molecule has 41 heavy (non-hydrogen) atoms. The summed E-state index contributed by atoms with van der Waals surface area (Å²) >= 11 is 0. The molecule has 0 radical (unpaired) electrons. The van der Waals surface area contributed by atoms with Crippen molar-refractivity contribution in [3.05, 3.63) is 101 Å². The van der Waals surface area contributed by atoms with Gasteiger partial charge in [0.25, 0.3) is 11.7 Å². The highest BCUT2D eigenvalue weighted by atomic mass is 16.5. The Morgan fingerprint density at radius 3 is 2.56 bits per heavy atom. The molecule has 0 aliphatic carbocycles. The fourth-order valence-electron chi connectivity index (χ4n) is 5.70. The second-order valence-electron chi connectivity index (χ2n) is 10.7. The van der Waals surface area contributed by atoms with Crippen molar-refractivity contribution in [1.82, 2.24) is 9.80 Å². The first-order chi connectivity index (χ1) is 19.9. The predicted molar refractivity (Wildman–Crippen MR) is 159 cm³/mol. The number of Topliss-reactive ketones (excluding diaryl/α,β-unsaturated/α-hetero) is 1. The first-order valence-electron chi connectivity index (χ1n) is 14.5. The third-order valence-electron chi connectivity index (χ3n) is 7.90. The number of hydrogen-bond donors (Lipinski definition) is 1. The topological polar surface area (TPSA) is 79.3 Å². The van der Waals surface area contributed by atoms with Gasteiger partial charge in [-0.2, -0.15) is 0 Å². The minimum Gasteiger partial charge on any atom is -0.507 e. The molecule has 1 N–H and O–H groups in total. The summed E-state index contributed by atoms with van der Waals surface area (Å²) in [6.07, 6.45) is 1.49. The number of nitrogens with zero attached hydrogens (tertiary/aromatic N) is 2. The Morgan fingerprint density at radius 2 is 1.80 bits per heavy atom. The van der Waals surface area contributed by atoms with Crippen LogP contribution in [0.25, 0.3) is 5.76 Å². The quantitative estimate of drug-likeness (QED) is 0.185.